The Morgan fingerprint density at radius 2 is 2.00 bits per heavy atom. The average Bonchev–Trinajstić information content (AvgIpc) is 2.80. The summed E-state index contributed by atoms with van der Waals surface area (Å²) in [6.07, 6.45) is 0.625. The number of nitrogens with one attached hydrogen (secondary N) is 2. The second-order valence-corrected chi connectivity index (χ2v) is 6.28. The van der Waals surface area contributed by atoms with Crippen LogP contribution in [0.4, 0.5) is 10.8 Å². The standard InChI is InChI=1S/C14H15Cl2N3OS/c1-3-12(13(20)19-14-17-8(2)7-21-14)18-11-5-9(15)4-10(16)6-11/h4-7,12,18H,3H2,1-2H3,(H,17,19,20)/t12-/m1/s1. The minimum Gasteiger partial charge on any atom is -0.374 e. The topological polar surface area (TPSA) is 54.0 Å². The van der Waals surface area contributed by atoms with Crippen molar-refractivity contribution in [3.63, 3.8) is 0 Å². The smallest absolute Gasteiger partial charge is 0.248 e. The Balaban J connectivity index is 2.06. The molecule has 0 fully saturated rings. The quantitative estimate of drug-likeness (QED) is 0.834. The number of aryl methyl sites for hydroxylation is 1. The Morgan fingerprint density at radius 1 is 1.33 bits per heavy atom. The van der Waals surface area contributed by atoms with Crippen molar-refractivity contribution in [1.82, 2.24) is 4.98 Å². The Morgan fingerprint density at radius 3 is 2.52 bits per heavy atom. The molecular formula is C14H15Cl2N3OS. The number of hydrogen-bond donors (Lipinski definition) is 2. The SMILES string of the molecule is CC[C@@H](Nc1cc(Cl)cc(Cl)c1)C(=O)Nc1nc(C)cs1. The summed E-state index contributed by atoms with van der Waals surface area (Å²) in [5.41, 5.74) is 1.60. The number of anilines is 2. The zero-order valence-corrected chi connectivity index (χ0v) is 13.9. The number of carbonyl (C=O) groups is 1. The van der Waals surface area contributed by atoms with Crippen molar-refractivity contribution in [3.05, 3.63) is 39.3 Å². The lowest BCUT2D eigenvalue weighted by Crippen LogP contribution is -2.34. The molecule has 2 rings (SSSR count). The Bertz CT molecular complexity index is 625. The van der Waals surface area contributed by atoms with Crippen LogP contribution in [-0.2, 0) is 4.79 Å². The van der Waals surface area contributed by atoms with Crippen molar-refractivity contribution < 1.29 is 4.79 Å². The molecule has 21 heavy (non-hydrogen) atoms. The number of carbonyl (C=O) groups excluding carboxylic acids is 1. The lowest BCUT2D eigenvalue weighted by Gasteiger charge is -2.17. The third kappa shape index (κ3) is 4.59. The van der Waals surface area contributed by atoms with Gasteiger partial charge in [-0.15, -0.1) is 11.3 Å². The fourth-order valence-electron chi connectivity index (χ4n) is 1.80. The van der Waals surface area contributed by atoms with Gasteiger partial charge in [0.2, 0.25) is 5.91 Å². The van der Waals surface area contributed by atoms with E-state index in [2.05, 4.69) is 15.6 Å². The fourth-order valence-corrected chi connectivity index (χ4v) is 3.01. The molecule has 0 radical (unpaired) electrons. The summed E-state index contributed by atoms with van der Waals surface area (Å²) >= 11 is 13.3. The predicted molar refractivity (Wildman–Crippen MR) is 89.6 cm³/mol. The molecule has 112 valence electrons. The third-order valence-corrected chi connectivity index (χ3v) is 4.09. The van der Waals surface area contributed by atoms with Crippen LogP contribution in [0.15, 0.2) is 23.6 Å². The van der Waals surface area contributed by atoms with Gasteiger partial charge in [0, 0.05) is 21.1 Å². The molecule has 1 aromatic carbocycles. The van der Waals surface area contributed by atoms with Gasteiger partial charge in [-0.3, -0.25) is 4.79 Å². The maximum absolute atomic E-state index is 12.3. The summed E-state index contributed by atoms with van der Waals surface area (Å²) in [6, 6.07) is 4.73. The van der Waals surface area contributed by atoms with Crippen LogP contribution in [0, 0.1) is 6.92 Å². The van der Waals surface area contributed by atoms with Gasteiger partial charge in [-0.1, -0.05) is 30.1 Å². The number of benzene rings is 1. The molecule has 0 unspecified atom stereocenters. The van der Waals surface area contributed by atoms with E-state index in [1.165, 1.54) is 11.3 Å². The Labute approximate surface area is 137 Å². The maximum Gasteiger partial charge on any atom is 0.248 e. The minimum absolute atomic E-state index is 0.136. The van der Waals surface area contributed by atoms with Crippen LogP contribution >= 0.6 is 34.5 Å². The van der Waals surface area contributed by atoms with Gasteiger partial charge in [0.05, 0.1) is 5.69 Å². The summed E-state index contributed by atoms with van der Waals surface area (Å²) < 4.78 is 0. The molecule has 1 heterocycles. The van der Waals surface area contributed by atoms with Gasteiger partial charge in [0.25, 0.3) is 0 Å². The number of nitrogens with zero attached hydrogens (tertiary/aromatic N) is 1. The summed E-state index contributed by atoms with van der Waals surface area (Å²) in [5.74, 6) is -0.136. The molecule has 1 amide bonds. The van der Waals surface area contributed by atoms with Gasteiger partial charge in [-0.05, 0) is 31.5 Å². The van der Waals surface area contributed by atoms with Gasteiger partial charge in [0.15, 0.2) is 5.13 Å². The van der Waals surface area contributed by atoms with E-state index in [-0.39, 0.29) is 11.9 Å². The van der Waals surface area contributed by atoms with E-state index in [1.807, 2.05) is 19.2 Å². The molecule has 2 aromatic rings. The zero-order valence-electron chi connectivity index (χ0n) is 11.6. The first-order valence-corrected chi connectivity index (χ1v) is 8.07. The van der Waals surface area contributed by atoms with Gasteiger partial charge in [0.1, 0.15) is 6.04 Å². The van der Waals surface area contributed by atoms with E-state index in [4.69, 9.17) is 23.2 Å². The molecule has 1 aromatic heterocycles. The second-order valence-electron chi connectivity index (χ2n) is 4.55. The number of thiazole rings is 1. The van der Waals surface area contributed by atoms with Gasteiger partial charge < -0.3 is 10.6 Å². The third-order valence-electron chi connectivity index (χ3n) is 2.78. The van der Waals surface area contributed by atoms with Crippen LogP contribution in [0.2, 0.25) is 10.0 Å². The van der Waals surface area contributed by atoms with Crippen molar-refractivity contribution in [2.24, 2.45) is 0 Å². The van der Waals surface area contributed by atoms with E-state index in [0.29, 0.717) is 27.3 Å². The van der Waals surface area contributed by atoms with Crippen LogP contribution in [0.3, 0.4) is 0 Å². The molecule has 4 nitrogen and oxygen atoms in total. The molecule has 7 heteroatoms. The monoisotopic (exact) mass is 343 g/mol. The first-order chi connectivity index (χ1) is 9.97. The zero-order chi connectivity index (χ0) is 15.4. The molecule has 0 aliphatic carbocycles. The molecule has 1 atom stereocenters. The minimum atomic E-state index is -0.385. The van der Waals surface area contributed by atoms with E-state index < -0.39 is 0 Å². The first kappa shape index (κ1) is 16.1. The van der Waals surface area contributed by atoms with E-state index >= 15 is 0 Å². The summed E-state index contributed by atoms with van der Waals surface area (Å²) in [4.78, 5) is 16.5. The summed E-state index contributed by atoms with van der Waals surface area (Å²) in [6.45, 7) is 3.81. The van der Waals surface area contributed by atoms with Crippen LogP contribution < -0.4 is 10.6 Å². The molecule has 2 N–H and O–H groups in total. The maximum atomic E-state index is 12.3. The number of aromatic nitrogens is 1. The van der Waals surface area contributed by atoms with Crippen molar-refractivity contribution in [3.8, 4) is 0 Å². The largest absolute Gasteiger partial charge is 0.374 e. The number of halogens is 2. The van der Waals surface area contributed by atoms with Crippen molar-refractivity contribution in [2.75, 3.05) is 10.6 Å². The normalized spacial score (nSPS) is 12.0. The number of rotatable bonds is 5. The van der Waals surface area contributed by atoms with Gasteiger partial charge in [-0.2, -0.15) is 0 Å². The average molecular weight is 344 g/mol. The Hall–Kier alpha value is -1.30. The first-order valence-electron chi connectivity index (χ1n) is 6.43. The number of amides is 1. The molecule has 0 saturated carbocycles. The van der Waals surface area contributed by atoms with Gasteiger partial charge >= 0.3 is 0 Å². The van der Waals surface area contributed by atoms with E-state index in [0.717, 1.165) is 5.69 Å². The second kappa shape index (κ2) is 7.11. The van der Waals surface area contributed by atoms with Gasteiger partial charge in [-0.25, -0.2) is 4.98 Å². The summed E-state index contributed by atoms with van der Waals surface area (Å²) in [5, 5.41) is 9.47. The van der Waals surface area contributed by atoms with E-state index in [1.54, 1.807) is 18.2 Å². The van der Waals surface area contributed by atoms with Crippen molar-refractivity contribution in [2.45, 2.75) is 26.3 Å². The molecule has 0 aliphatic rings. The van der Waals surface area contributed by atoms with Crippen LogP contribution in [0.5, 0.6) is 0 Å². The molecule has 0 bridgehead atoms. The lowest BCUT2D eigenvalue weighted by molar-refractivity contribution is -0.116. The molecule has 0 aliphatic heterocycles. The van der Waals surface area contributed by atoms with Crippen molar-refractivity contribution >= 4 is 51.3 Å². The predicted octanol–water partition coefficient (Wildman–Crippen LogP) is 4.59. The lowest BCUT2D eigenvalue weighted by atomic mass is 10.2. The van der Waals surface area contributed by atoms with E-state index in [9.17, 15) is 4.79 Å². The molecule has 0 saturated heterocycles. The highest BCUT2D eigenvalue weighted by Gasteiger charge is 2.17. The highest BCUT2D eigenvalue weighted by molar-refractivity contribution is 7.13. The molecular weight excluding hydrogens is 329 g/mol. The van der Waals surface area contributed by atoms with Crippen molar-refractivity contribution in [1.29, 1.82) is 0 Å². The van der Waals surface area contributed by atoms with Crippen LogP contribution in [0.1, 0.15) is 19.0 Å². The molecule has 0 spiro atoms. The fraction of sp³-hybridized carbons (Fsp3) is 0.286. The highest BCUT2D eigenvalue weighted by Crippen LogP contribution is 2.23. The van der Waals surface area contributed by atoms with Crippen LogP contribution in [-0.4, -0.2) is 16.9 Å². The summed E-state index contributed by atoms with van der Waals surface area (Å²) in [7, 11) is 0. The highest BCUT2D eigenvalue weighted by atomic mass is 35.5. The number of hydrogen-bond acceptors (Lipinski definition) is 4. The Kier molecular flexibility index (Phi) is 5.45. The van der Waals surface area contributed by atoms with Crippen LogP contribution in [0.25, 0.3) is 0 Å².